The fraction of sp³-hybridized carbons (Fsp3) is 0.154. The minimum atomic E-state index is -0.216. The van der Waals surface area contributed by atoms with Crippen molar-refractivity contribution in [1.82, 2.24) is 9.55 Å². The maximum Gasteiger partial charge on any atom is 0.266 e. The number of benzene rings is 3. The standard InChI is InChI=1S/C26H20ClN3O3S/c1-15-3-2-4-19(11-15)30-25(33)20-8-7-18(27)13-22(20)29-26(30)34-14-23(31)17-5-9-21-16(12-17)6-10-24(32)28-21/h2-5,7-9,11-13H,6,10,14H2,1H3,(H,28,32). The molecule has 0 saturated carbocycles. The number of Topliss-reactive ketones (excluding diaryl/α,β-unsaturated/α-hetero) is 1. The van der Waals surface area contributed by atoms with E-state index in [2.05, 4.69) is 10.3 Å². The number of thioether (sulfide) groups is 1. The molecule has 1 aliphatic heterocycles. The van der Waals surface area contributed by atoms with Gasteiger partial charge in [-0.25, -0.2) is 4.98 Å². The summed E-state index contributed by atoms with van der Waals surface area (Å²) in [5, 5.41) is 4.19. The van der Waals surface area contributed by atoms with E-state index in [1.54, 1.807) is 34.9 Å². The predicted octanol–water partition coefficient (Wildman–Crippen LogP) is 5.21. The second-order valence-corrected chi connectivity index (χ2v) is 9.55. The number of hydrogen-bond donors (Lipinski definition) is 1. The molecule has 1 aromatic heterocycles. The highest BCUT2D eigenvalue weighted by molar-refractivity contribution is 7.99. The Morgan fingerprint density at radius 3 is 2.76 bits per heavy atom. The molecule has 0 aliphatic carbocycles. The Bertz CT molecular complexity index is 1530. The van der Waals surface area contributed by atoms with Crippen LogP contribution in [0.2, 0.25) is 5.02 Å². The van der Waals surface area contributed by atoms with E-state index in [0.717, 1.165) is 16.8 Å². The third-order valence-corrected chi connectivity index (χ3v) is 6.89. The van der Waals surface area contributed by atoms with Gasteiger partial charge in [0.25, 0.3) is 5.56 Å². The number of fused-ring (bicyclic) bond motifs is 2. The molecule has 0 atom stereocenters. The van der Waals surface area contributed by atoms with E-state index < -0.39 is 0 Å². The van der Waals surface area contributed by atoms with E-state index in [4.69, 9.17) is 11.6 Å². The SMILES string of the molecule is Cc1cccc(-n2c(SCC(=O)c3ccc4c(c3)CCC(=O)N4)nc3cc(Cl)ccc3c2=O)c1. The molecule has 6 nitrogen and oxygen atoms in total. The number of nitrogens with zero attached hydrogens (tertiary/aromatic N) is 2. The lowest BCUT2D eigenvalue weighted by atomic mass is 9.99. The summed E-state index contributed by atoms with van der Waals surface area (Å²) in [6, 6.07) is 17.9. The van der Waals surface area contributed by atoms with Crippen LogP contribution in [0.25, 0.3) is 16.6 Å². The number of carbonyl (C=O) groups excluding carboxylic acids is 2. The van der Waals surface area contributed by atoms with Gasteiger partial charge < -0.3 is 5.32 Å². The first kappa shape index (κ1) is 22.4. The molecule has 1 amide bonds. The summed E-state index contributed by atoms with van der Waals surface area (Å²) in [6.07, 6.45) is 1.01. The lowest BCUT2D eigenvalue weighted by molar-refractivity contribution is -0.116. The quantitative estimate of drug-likeness (QED) is 0.236. The molecule has 1 N–H and O–H groups in total. The van der Waals surface area contributed by atoms with Crippen LogP contribution >= 0.6 is 23.4 Å². The summed E-state index contributed by atoms with van der Waals surface area (Å²) in [6.45, 7) is 1.96. The van der Waals surface area contributed by atoms with Crippen molar-refractivity contribution in [1.29, 1.82) is 0 Å². The minimum Gasteiger partial charge on any atom is -0.326 e. The zero-order chi connectivity index (χ0) is 23.8. The highest BCUT2D eigenvalue weighted by Gasteiger charge is 2.19. The number of aromatic nitrogens is 2. The summed E-state index contributed by atoms with van der Waals surface area (Å²) < 4.78 is 1.55. The summed E-state index contributed by atoms with van der Waals surface area (Å²) >= 11 is 7.35. The van der Waals surface area contributed by atoms with Crippen LogP contribution in [0.5, 0.6) is 0 Å². The van der Waals surface area contributed by atoms with Gasteiger partial charge in [0, 0.05) is 22.7 Å². The topological polar surface area (TPSA) is 81.1 Å². The lowest BCUT2D eigenvalue weighted by Gasteiger charge is -2.17. The fourth-order valence-corrected chi connectivity index (χ4v) is 5.07. The molecule has 0 fully saturated rings. The number of nitrogens with one attached hydrogen (secondary N) is 1. The van der Waals surface area contributed by atoms with Gasteiger partial charge in [0.15, 0.2) is 10.9 Å². The first-order chi connectivity index (χ1) is 16.4. The summed E-state index contributed by atoms with van der Waals surface area (Å²) in [7, 11) is 0. The van der Waals surface area contributed by atoms with Crippen LogP contribution in [0, 0.1) is 6.92 Å². The van der Waals surface area contributed by atoms with E-state index in [9.17, 15) is 14.4 Å². The molecule has 1 aliphatic rings. The molecule has 3 aromatic carbocycles. The third kappa shape index (κ3) is 4.36. The Kier molecular flexibility index (Phi) is 5.98. The molecule has 0 bridgehead atoms. The average molecular weight is 490 g/mol. The number of hydrogen-bond acceptors (Lipinski definition) is 5. The Morgan fingerprint density at radius 1 is 1.09 bits per heavy atom. The van der Waals surface area contributed by atoms with Crippen LogP contribution in [0.3, 0.4) is 0 Å². The molecule has 0 spiro atoms. The van der Waals surface area contributed by atoms with Crippen LogP contribution in [-0.2, 0) is 11.2 Å². The summed E-state index contributed by atoms with van der Waals surface area (Å²) in [5.41, 5.74) is 4.23. The maximum atomic E-state index is 13.4. The second kappa shape index (κ2) is 9.08. The molecule has 0 radical (unpaired) electrons. The van der Waals surface area contributed by atoms with E-state index in [-0.39, 0.29) is 23.0 Å². The van der Waals surface area contributed by atoms with Crippen molar-refractivity contribution in [2.45, 2.75) is 24.9 Å². The zero-order valence-electron chi connectivity index (χ0n) is 18.3. The number of halogens is 1. The number of ketones is 1. The van der Waals surface area contributed by atoms with Gasteiger partial charge in [0.05, 0.1) is 22.3 Å². The Morgan fingerprint density at radius 2 is 1.94 bits per heavy atom. The van der Waals surface area contributed by atoms with Crippen LogP contribution < -0.4 is 10.9 Å². The van der Waals surface area contributed by atoms with Crippen molar-refractivity contribution >= 4 is 51.6 Å². The summed E-state index contributed by atoms with van der Waals surface area (Å²) in [5.74, 6) is 0.00909. The predicted molar refractivity (Wildman–Crippen MR) is 136 cm³/mol. The van der Waals surface area contributed by atoms with E-state index >= 15 is 0 Å². The molecule has 2 heterocycles. The largest absolute Gasteiger partial charge is 0.326 e. The maximum absolute atomic E-state index is 13.4. The van der Waals surface area contributed by atoms with Gasteiger partial charge in [-0.2, -0.15) is 0 Å². The molecule has 0 unspecified atom stereocenters. The molecular weight excluding hydrogens is 470 g/mol. The number of carbonyl (C=O) groups is 2. The Labute approximate surface area is 205 Å². The second-order valence-electron chi connectivity index (χ2n) is 8.17. The van der Waals surface area contributed by atoms with E-state index in [1.807, 2.05) is 37.3 Å². The molecule has 4 aromatic rings. The average Bonchev–Trinajstić information content (AvgIpc) is 2.82. The van der Waals surface area contributed by atoms with Gasteiger partial charge in [0.2, 0.25) is 5.91 Å². The lowest BCUT2D eigenvalue weighted by Crippen LogP contribution is -2.22. The van der Waals surface area contributed by atoms with E-state index in [0.29, 0.717) is 45.2 Å². The number of amides is 1. The monoisotopic (exact) mass is 489 g/mol. The van der Waals surface area contributed by atoms with Gasteiger partial charge in [-0.1, -0.05) is 35.5 Å². The van der Waals surface area contributed by atoms with E-state index in [1.165, 1.54) is 11.8 Å². The minimum absolute atomic E-state index is 0.0151. The molecule has 5 rings (SSSR count). The number of rotatable bonds is 5. The smallest absolute Gasteiger partial charge is 0.266 e. The number of anilines is 1. The molecule has 170 valence electrons. The zero-order valence-corrected chi connectivity index (χ0v) is 19.9. The molecule has 0 saturated heterocycles. The first-order valence-electron chi connectivity index (χ1n) is 10.8. The molecule has 34 heavy (non-hydrogen) atoms. The van der Waals surface area contributed by atoms with Gasteiger partial charge in [-0.05, 0) is 73.0 Å². The first-order valence-corrected chi connectivity index (χ1v) is 12.1. The van der Waals surface area contributed by atoms with Crippen LogP contribution in [-0.4, -0.2) is 27.0 Å². The van der Waals surface area contributed by atoms with Gasteiger partial charge in [-0.15, -0.1) is 0 Å². The van der Waals surface area contributed by atoms with Crippen molar-refractivity contribution in [3.05, 3.63) is 92.7 Å². The van der Waals surface area contributed by atoms with Crippen molar-refractivity contribution in [2.75, 3.05) is 11.1 Å². The molecular formula is C26H20ClN3O3S. The Hall–Kier alpha value is -3.42. The van der Waals surface area contributed by atoms with Crippen LogP contribution in [0.1, 0.15) is 27.9 Å². The third-order valence-electron chi connectivity index (χ3n) is 5.72. The fourth-order valence-electron chi connectivity index (χ4n) is 4.00. The summed E-state index contributed by atoms with van der Waals surface area (Å²) in [4.78, 5) is 42.7. The normalized spacial score (nSPS) is 12.9. The van der Waals surface area contributed by atoms with Crippen LogP contribution in [0.15, 0.2) is 70.6 Å². The van der Waals surface area contributed by atoms with Crippen molar-refractivity contribution in [2.24, 2.45) is 0 Å². The highest BCUT2D eigenvalue weighted by Crippen LogP contribution is 2.27. The van der Waals surface area contributed by atoms with Crippen molar-refractivity contribution < 1.29 is 9.59 Å². The van der Waals surface area contributed by atoms with Gasteiger partial charge in [-0.3, -0.25) is 19.0 Å². The number of aryl methyl sites for hydroxylation is 2. The van der Waals surface area contributed by atoms with Gasteiger partial charge >= 0.3 is 0 Å². The highest BCUT2D eigenvalue weighted by atomic mass is 35.5. The van der Waals surface area contributed by atoms with Gasteiger partial charge in [0.1, 0.15) is 0 Å². The van der Waals surface area contributed by atoms with Crippen molar-refractivity contribution in [3.63, 3.8) is 0 Å². The van der Waals surface area contributed by atoms with Crippen molar-refractivity contribution in [3.8, 4) is 5.69 Å². The van der Waals surface area contributed by atoms with Crippen LogP contribution in [0.4, 0.5) is 5.69 Å². The molecule has 8 heteroatoms. The Balaban J connectivity index is 1.50.